The highest BCUT2D eigenvalue weighted by molar-refractivity contribution is 5.81. The van der Waals surface area contributed by atoms with E-state index in [0.717, 1.165) is 17.0 Å². The Morgan fingerprint density at radius 3 is 2.59 bits per heavy atom. The standard InChI is InChI=1S/C21H26N2O4/c1-14(2)21(20(25)26)11-12-23(13-21)18(24)10-9-17-22-15(3)19(27-17)16-7-5-4-6-8-16/h4-8,14H,9-13H2,1-3H3,(H,25,26). The first kappa shape index (κ1) is 19.1. The number of carbonyl (C=O) groups is 2. The van der Waals surface area contributed by atoms with Crippen LogP contribution >= 0.6 is 0 Å². The Kier molecular flexibility index (Phi) is 5.35. The number of carboxylic acids is 1. The lowest BCUT2D eigenvalue weighted by Gasteiger charge is -2.28. The first-order chi connectivity index (χ1) is 12.8. The number of hydrogen-bond acceptors (Lipinski definition) is 4. The van der Waals surface area contributed by atoms with Crippen LogP contribution in [0.5, 0.6) is 0 Å². The number of nitrogens with zero attached hydrogens (tertiary/aromatic N) is 2. The molecule has 2 aromatic rings. The molecule has 27 heavy (non-hydrogen) atoms. The van der Waals surface area contributed by atoms with E-state index >= 15 is 0 Å². The number of aryl methyl sites for hydroxylation is 2. The maximum Gasteiger partial charge on any atom is 0.311 e. The maximum absolute atomic E-state index is 12.6. The Hall–Kier alpha value is -2.63. The van der Waals surface area contributed by atoms with Crippen molar-refractivity contribution in [1.29, 1.82) is 0 Å². The van der Waals surface area contributed by atoms with E-state index in [0.29, 0.717) is 25.3 Å². The quantitative estimate of drug-likeness (QED) is 0.841. The van der Waals surface area contributed by atoms with Crippen LogP contribution in [0.25, 0.3) is 11.3 Å². The number of rotatable bonds is 6. The number of benzene rings is 1. The van der Waals surface area contributed by atoms with Crippen molar-refractivity contribution in [2.24, 2.45) is 11.3 Å². The van der Waals surface area contributed by atoms with E-state index in [2.05, 4.69) is 4.98 Å². The summed E-state index contributed by atoms with van der Waals surface area (Å²) >= 11 is 0. The number of hydrogen-bond donors (Lipinski definition) is 1. The SMILES string of the molecule is Cc1nc(CCC(=O)N2CCC(C(=O)O)(C(C)C)C2)oc1-c1ccccc1. The molecular formula is C21H26N2O4. The molecule has 0 aliphatic carbocycles. The fraction of sp³-hybridized carbons (Fsp3) is 0.476. The summed E-state index contributed by atoms with van der Waals surface area (Å²) in [5.41, 5.74) is 0.924. The molecule has 1 atom stereocenters. The summed E-state index contributed by atoms with van der Waals surface area (Å²) in [6.07, 6.45) is 1.18. The number of oxazole rings is 1. The van der Waals surface area contributed by atoms with Gasteiger partial charge in [-0.05, 0) is 19.3 Å². The highest BCUT2D eigenvalue weighted by Gasteiger charge is 2.48. The second-order valence-corrected chi connectivity index (χ2v) is 7.57. The molecule has 144 valence electrons. The van der Waals surface area contributed by atoms with E-state index in [-0.39, 0.29) is 24.8 Å². The van der Waals surface area contributed by atoms with Gasteiger partial charge in [0.25, 0.3) is 0 Å². The van der Waals surface area contributed by atoms with Crippen molar-refractivity contribution in [2.75, 3.05) is 13.1 Å². The van der Waals surface area contributed by atoms with Gasteiger partial charge in [0.15, 0.2) is 11.7 Å². The maximum atomic E-state index is 12.6. The molecule has 0 bridgehead atoms. The van der Waals surface area contributed by atoms with Crippen LogP contribution in [0.15, 0.2) is 34.7 Å². The van der Waals surface area contributed by atoms with Gasteiger partial charge < -0.3 is 14.4 Å². The minimum absolute atomic E-state index is 0.0179. The Bertz CT molecular complexity index is 828. The number of aliphatic carboxylic acids is 1. The number of likely N-dealkylation sites (tertiary alicyclic amines) is 1. The van der Waals surface area contributed by atoms with Gasteiger partial charge in [-0.1, -0.05) is 44.2 Å². The molecular weight excluding hydrogens is 344 g/mol. The predicted molar refractivity (Wildman–Crippen MR) is 101 cm³/mol. The molecule has 1 aliphatic heterocycles. The van der Waals surface area contributed by atoms with E-state index in [1.165, 1.54) is 0 Å². The summed E-state index contributed by atoms with van der Waals surface area (Å²) in [5, 5.41) is 9.62. The van der Waals surface area contributed by atoms with Crippen molar-refractivity contribution < 1.29 is 19.1 Å². The van der Waals surface area contributed by atoms with Crippen LogP contribution in [0.4, 0.5) is 0 Å². The van der Waals surface area contributed by atoms with E-state index < -0.39 is 11.4 Å². The van der Waals surface area contributed by atoms with Crippen LogP contribution in [0.3, 0.4) is 0 Å². The van der Waals surface area contributed by atoms with Crippen molar-refractivity contribution in [1.82, 2.24) is 9.88 Å². The van der Waals surface area contributed by atoms with Gasteiger partial charge in [0, 0.05) is 31.5 Å². The Labute approximate surface area is 159 Å². The number of carboxylic acid groups (broad SMARTS) is 1. The van der Waals surface area contributed by atoms with Crippen LogP contribution < -0.4 is 0 Å². The molecule has 2 heterocycles. The largest absolute Gasteiger partial charge is 0.481 e. The topological polar surface area (TPSA) is 83.6 Å². The van der Waals surface area contributed by atoms with Crippen molar-refractivity contribution >= 4 is 11.9 Å². The molecule has 1 unspecified atom stereocenters. The molecule has 1 amide bonds. The monoisotopic (exact) mass is 370 g/mol. The Morgan fingerprint density at radius 2 is 2.00 bits per heavy atom. The molecule has 1 fully saturated rings. The van der Waals surface area contributed by atoms with Gasteiger partial charge in [-0.3, -0.25) is 9.59 Å². The summed E-state index contributed by atoms with van der Waals surface area (Å²) in [5.74, 6) is 0.381. The van der Waals surface area contributed by atoms with Crippen LogP contribution in [-0.4, -0.2) is 40.0 Å². The zero-order chi connectivity index (χ0) is 19.6. The van der Waals surface area contributed by atoms with Gasteiger partial charge in [0.1, 0.15) is 0 Å². The fourth-order valence-electron chi connectivity index (χ4n) is 3.73. The first-order valence-electron chi connectivity index (χ1n) is 9.36. The minimum Gasteiger partial charge on any atom is -0.481 e. The number of carbonyl (C=O) groups excluding carboxylic acids is 1. The van der Waals surface area contributed by atoms with E-state index in [4.69, 9.17) is 4.42 Å². The fourth-order valence-corrected chi connectivity index (χ4v) is 3.73. The van der Waals surface area contributed by atoms with Gasteiger partial charge >= 0.3 is 5.97 Å². The molecule has 1 aliphatic rings. The van der Waals surface area contributed by atoms with E-state index in [9.17, 15) is 14.7 Å². The van der Waals surface area contributed by atoms with Crippen LogP contribution in [0.1, 0.15) is 38.3 Å². The third kappa shape index (κ3) is 3.75. The van der Waals surface area contributed by atoms with Crippen LogP contribution in [0, 0.1) is 18.3 Å². The predicted octanol–water partition coefficient (Wildman–Crippen LogP) is 3.54. The molecule has 6 heteroatoms. The highest BCUT2D eigenvalue weighted by Crippen LogP contribution is 2.38. The van der Waals surface area contributed by atoms with E-state index in [1.807, 2.05) is 51.1 Å². The summed E-state index contributed by atoms with van der Waals surface area (Å²) in [6, 6.07) is 9.75. The average molecular weight is 370 g/mol. The van der Waals surface area contributed by atoms with Crippen LogP contribution in [-0.2, 0) is 16.0 Å². The smallest absolute Gasteiger partial charge is 0.311 e. The zero-order valence-electron chi connectivity index (χ0n) is 16.1. The third-order valence-electron chi connectivity index (χ3n) is 5.61. The van der Waals surface area contributed by atoms with Crippen LogP contribution in [0.2, 0.25) is 0 Å². The Morgan fingerprint density at radius 1 is 1.30 bits per heavy atom. The minimum atomic E-state index is -0.838. The zero-order valence-corrected chi connectivity index (χ0v) is 16.1. The molecule has 1 N–H and O–H groups in total. The molecule has 0 saturated carbocycles. The van der Waals surface area contributed by atoms with Gasteiger partial charge in [0.2, 0.25) is 5.91 Å². The van der Waals surface area contributed by atoms with Crippen molar-refractivity contribution in [3.05, 3.63) is 41.9 Å². The molecule has 1 aromatic carbocycles. The molecule has 0 spiro atoms. The van der Waals surface area contributed by atoms with Gasteiger partial charge in [-0.2, -0.15) is 0 Å². The van der Waals surface area contributed by atoms with E-state index in [1.54, 1.807) is 4.90 Å². The van der Waals surface area contributed by atoms with Gasteiger partial charge in [0.05, 0.1) is 11.1 Å². The lowest BCUT2D eigenvalue weighted by molar-refractivity contribution is -0.151. The molecule has 0 radical (unpaired) electrons. The summed E-state index contributed by atoms with van der Waals surface area (Å²) in [7, 11) is 0. The lowest BCUT2D eigenvalue weighted by atomic mass is 9.76. The number of aromatic nitrogens is 1. The highest BCUT2D eigenvalue weighted by atomic mass is 16.4. The normalized spacial score (nSPS) is 19.6. The summed E-state index contributed by atoms with van der Waals surface area (Å²) < 4.78 is 5.85. The van der Waals surface area contributed by atoms with Crippen molar-refractivity contribution in [3.63, 3.8) is 0 Å². The average Bonchev–Trinajstić information content (AvgIpc) is 3.25. The summed E-state index contributed by atoms with van der Waals surface area (Å²) in [6.45, 7) is 6.47. The summed E-state index contributed by atoms with van der Waals surface area (Å²) in [4.78, 5) is 30.4. The van der Waals surface area contributed by atoms with Crippen molar-refractivity contribution in [3.8, 4) is 11.3 Å². The lowest BCUT2D eigenvalue weighted by Crippen LogP contribution is -2.40. The third-order valence-corrected chi connectivity index (χ3v) is 5.61. The molecule has 1 saturated heterocycles. The second kappa shape index (κ2) is 7.55. The first-order valence-corrected chi connectivity index (χ1v) is 9.36. The molecule has 6 nitrogen and oxygen atoms in total. The molecule has 1 aromatic heterocycles. The second-order valence-electron chi connectivity index (χ2n) is 7.57. The van der Waals surface area contributed by atoms with Crippen molar-refractivity contribution in [2.45, 2.75) is 40.0 Å². The van der Waals surface area contributed by atoms with Gasteiger partial charge in [-0.15, -0.1) is 0 Å². The Balaban J connectivity index is 1.63. The molecule has 3 rings (SSSR count). The number of amides is 1. The van der Waals surface area contributed by atoms with Gasteiger partial charge in [-0.25, -0.2) is 4.98 Å².